The minimum absolute atomic E-state index is 0.0151. The predicted molar refractivity (Wildman–Crippen MR) is 73.2 cm³/mol. The Balaban J connectivity index is 2.07. The van der Waals surface area contributed by atoms with Gasteiger partial charge in [0.2, 0.25) is 0 Å². The monoisotopic (exact) mass is 286 g/mol. The van der Waals surface area contributed by atoms with Crippen molar-refractivity contribution in [3.8, 4) is 0 Å². The number of benzene rings is 1. The molecule has 1 aliphatic heterocycles. The zero-order valence-corrected chi connectivity index (χ0v) is 11.4. The fourth-order valence-corrected chi connectivity index (χ4v) is 3.18. The smallest absolute Gasteiger partial charge is 0.315 e. The van der Waals surface area contributed by atoms with E-state index in [1.165, 1.54) is 0 Å². The third-order valence-electron chi connectivity index (χ3n) is 2.71. The molecule has 1 unspecified atom stereocenters. The number of hydrogen-bond donors (Lipinski definition) is 3. The zero-order valence-electron chi connectivity index (χ0n) is 9.78. The molecule has 18 heavy (non-hydrogen) atoms. The molecule has 1 atom stereocenters. The molecule has 0 fully saturated rings. The van der Waals surface area contributed by atoms with Crippen molar-refractivity contribution in [3.05, 3.63) is 28.8 Å². The van der Waals surface area contributed by atoms with Crippen molar-refractivity contribution in [2.75, 3.05) is 18.9 Å². The van der Waals surface area contributed by atoms with Gasteiger partial charge in [-0.2, -0.15) is 0 Å². The topological polar surface area (TPSA) is 61.4 Å². The van der Waals surface area contributed by atoms with Crippen LogP contribution in [0.5, 0.6) is 0 Å². The molecule has 0 aromatic heterocycles. The Morgan fingerprint density at radius 2 is 2.39 bits per heavy atom. The first-order valence-corrected chi connectivity index (χ1v) is 7.14. The van der Waals surface area contributed by atoms with Crippen LogP contribution in [0.15, 0.2) is 23.1 Å². The van der Waals surface area contributed by atoms with Crippen LogP contribution in [0.25, 0.3) is 0 Å². The van der Waals surface area contributed by atoms with Gasteiger partial charge in [-0.15, -0.1) is 11.8 Å². The third-order valence-corrected chi connectivity index (χ3v) is 4.07. The highest BCUT2D eigenvalue weighted by molar-refractivity contribution is 7.99. The molecule has 1 aliphatic rings. The number of carbonyl (C=O) groups excluding carboxylic acids is 1. The average Bonchev–Trinajstić information content (AvgIpc) is 2.37. The first kappa shape index (κ1) is 13.5. The van der Waals surface area contributed by atoms with Crippen LogP contribution in [0.2, 0.25) is 5.02 Å². The zero-order chi connectivity index (χ0) is 13.0. The van der Waals surface area contributed by atoms with Crippen LogP contribution in [-0.2, 0) is 0 Å². The Morgan fingerprint density at radius 1 is 1.56 bits per heavy atom. The van der Waals surface area contributed by atoms with Crippen LogP contribution >= 0.6 is 23.4 Å². The van der Waals surface area contributed by atoms with E-state index in [0.717, 1.165) is 22.6 Å². The number of aliphatic hydroxyl groups excluding tert-OH is 1. The van der Waals surface area contributed by atoms with Gasteiger partial charge >= 0.3 is 6.03 Å². The summed E-state index contributed by atoms with van der Waals surface area (Å²) < 4.78 is 0. The second-order valence-electron chi connectivity index (χ2n) is 4.00. The lowest BCUT2D eigenvalue weighted by molar-refractivity contribution is 0.230. The molecule has 0 radical (unpaired) electrons. The van der Waals surface area contributed by atoms with E-state index in [4.69, 9.17) is 16.7 Å². The molecule has 6 heteroatoms. The fraction of sp³-hybridized carbons (Fsp3) is 0.417. The SMILES string of the molecule is O=C(NCCO)NC1CCSc2ccc(Cl)cc21. The second-order valence-corrected chi connectivity index (χ2v) is 5.57. The molecule has 0 aliphatic carbocycles. The fourth-order valence-electron chi connectivity index (χ4n) is 1.89. The predicted octanol–water partition coefficient (Wildman–Crippen LogP) is 2.17. The largest absolute Gasteiger partial charge is 0.395 e. The van der Waals surface area contributed by atoms with Crippen LogP contribution in [0.1, 0.15) is 18.0 Å². The van der Waals surface area contributed by atoms with Gasteiger partial charge in [-0.3, -0.25) is 0 Å². The first-order chi connectivity index (χ1) is 8.70. The van der Waals surface area contributed by atoms with Crippen molar-refractivity contribution in [2.24, 2.45) is 0 Å². The van der Waals surface area contributed by atoms with E-state index in [0.29, 0.717) is 5.02 Å². The molecule has 2 amide bonds. The van der Waals surface area contributed by atoms with E-state index in [9.17, 15) is 4.79 Å². The number of rotatable bonds is 3. The summed E-state index contributed by atoms with van der Waals surface area (Å²) in [5, 5.41) is 14.8. The molecule has 98 valence electrons. The van der Waals surface area contributed by atoms with Crippen molar-refractivity contribution < 1.29 is 9.90 Å². The van der Waals surface area contributed by atoms with Crippen molar-refractivity contribution in [1.29, 1.82) is 0 Å². The van der Waals surface area contributed by atoms with Gasteiger partial charge in [0.1, 0.15) is 0 Å². The maximum Gasteiger partial charge on any atom is 0.315 e. The summed E-state index contributed by atoms with van der Waals surface area (Å²) >= 11 is 7.77. The molecule has 1 aromatic carbocycles. The standard InChI is InChI=1S/C12H15ClN2O2S/c13-8-1-2-11-9(7-8)10(3-6-18-11)15-12(17)14-4-5-16/h1-2,7,10,16H,3-6H2,(H2,14,15,17). The average molecular weight is 287 g/mol. The summed E-state index contributed by atoms with van der Waals surface area (Å²) in [6.07, 6.45) is 0.880. The molecule has 0 saturated heterocycles. The number of amides is 2. The highest BCUT2D eigenvalue weighted by Crippen LogP contribution is 2.37. The molecule has 3 N–H and O–H groups in total. The summed E-state index contributed by atoms with van der Waals surface area (Å²) in [5.41, 5.74) is 1.07. The number of urea groups is 1. The minimum atomic E-state index is -0.258. The normalized spacial score (nSPS) is 18.0. The van der Waals surface area contributed by atoms with Crippen LogP contribution in [0, 0.1) is 0 Å². The molecule has 4 nitrogen and oxygen atoms in total. The lowest BCUT2D eigenvalue weighted by atomic mass is 10.0. The molecule has 0 spiro atoms. The van der Waals surface area contributed by atoms with E-state index in [2.05, 4.69) is 10.6 Å². The summed E-state index contributed by atoms with van der Waals surface area (Å²) in [6.45, 7) is 0.200. The van der Waals surface area contributed by atoms with Crippen LogP contribution in [0.3, 0.4) is 0 Å². The van der Waals surface area contributed by atoms with Crippen LogP contribution < -0.4 is 10.6 Å². The first-order valence-electron chi connectivity index (χ1n) is 5.78. The van der Waals surface area contributed by atoms with E-state index in [-0.39, 0.29) is 25.2 Å². The van der Waals surface area contributed by atoms with Gasteiger partial charge in [-0.05, 0) is 30.2 Å². The van der Waals surface area contributed by atoms with Crippen molar-refractivity contribution in [3.63, 3.8) is 0 Å². The maximum absolute atomic E-state index is 11.6. The number of nitrogens with one attached hydrogen (secondary N) is 2. The van der Waals surface area contributed by atoms with Crippen molar-refractivity contribution in [2.45, 2.75) is 17.4 Å². The summed E-state index contributed by atoms with van der Waals surface area (Å²) in [7, 11) is 0. The highest BCUT2D eigenvalue weighted by atomic mass is 35.5. The summed E-state index contributed by atoms with van der Waals surface area (Å²) in [4.78, 5) is 12.8. The van der Waals surface area contributed by atoms with Gasteiger partial charge in [-0.25, -0.2) is 4.79 Å². The van der Waals surface area contributed by atoms with Gasteiger partial charge in [0.25, 0.3) is 0 Å². The Morgan fingerprint density at radius 3 is 3.17 bits per heavy atom. The van der Waals surface area contributed by atoms with E-state index < -0.39 is 0 Å². The number of fused-ring (bicyclic) bond motifs is 1. The third kappa shape index (κ3) is 3.31. The number of thioether (sulfide) groups is 1. The van der Waals surface area contributed by atoms with E-state index >= 15 is 0 Å². The lowest BCUT2D eigenvalue weighted by Crippen LogP contribution is -2.40. The molecule has 0 bridgehead atoms. The van der Waals surface area contributed by atoms with Gasteiger partial charge in [0, 0.05) is 22.2 Å². The van der Waals surface area contributed by atoms with Gasteiger partial charge in [0.15, 0.2) is 0 Å². The molecular formula is C12H15ClN2O2S. The Hall–Kier alpha value is -0.910. The number of hydrogen-bond acceptors (Lipinski definition) is 3. The summed E-state index contributed by atoms with van der Waals surface area (Å²) in [6, 6.07) is 5.48. The molecule has 1 heterocycles. The van der Waals surface area contributed by atoms with Crippen LogP contribution in [0.4, 0.5) is 4.79 Å². The van der Waals surface area contributed by atoms with E-state index in [1.807, 2.05) is 18.2 Å². The highest BCUT2D eigenvalue weighted by Gasteiger charge is 2.22. The van der Waals surface area contributed by atoms with Crippen molar-refractivity contribution in [1.82, 2.24) is 10.6 Å². The molecule has 0 saturated carbocycles. The quantitative estimate of drug-likeness (QED) is 0.798. The van der Waals surface area contributed by atoms with Crippen molar-refractivity contribution >= 4 is 29.4 Å². The Bertz CT molecular complexity index is 442. The van der Waals surface area contributed by atoms with Gasteiger partial charge in [-0.1, -0.05) is 11.6 Å². The van der Waals surface area contributed by atoms with E-state index in [1.54, 1.807) is 11.8 Å². The van der Waals surface area contributed by atoms with Crippen LogP contribution in [-0.4, -0.2) is 30.0 Å². The Kier molecular flexibility index (Phi) is 4.74. The Labute approximate surface area is 115 Å². The molecule has 1 aromatic rings. The minimum Gasteiger partial charge on any atom is -0.395 e. The number of aliphatic hydroxyl groups is 1. The lowest BCUT2D eigenvalue weighted by Gasteiger charge is -2.26. The van der Waals surface area contributed by atoms with Gasteiger partial charge < -0.3 is 15.7 Å². The summed E-state index contributed by atoms with van der Waals surface area (Å²) in [5.74, 6) is 0.972. The molecule has 2 rings (SSSR count). The van der Waals surface area contributed by atoms with Gasteiger partial charge in [0.05, 0.1) is 12.6 Å². The number of halogens is 1. The second kappa shape index (κ2) is 6.31. The molecular weight excluding hydrogens is 272 g/mol. The number of carbonyl (C=O) groups is 1. The maximum atomic E-state index is 11.6.